The highest BCUT2D eigenvalue weighted by Crippen LogP contribution is 2.46. The minimum Gasteiger partial charge on any atom is -0.492 e. The first-order valence-corrected chi connectivity index (χ1v) is 12.1. The van der Waals surface area contributed by atoms with Gasteiger partial charge in [0.15, 0.2) is 5.84 Å². The van der Waals surface area contributed by atoms with E-state index >= 15 is 0 Å². The average Bonchev–Trinajstić information content (AvgIpc) is 2.76. The summed E-state index contributed by atoms with van der Waals surface area (Å²) in [5.41, 5.74) is 7.00. The lowest BCUT2D eigenvalue weighted by Gasteiger charge is -2.37. The van der Waals surface area contributed by atoms with Crippen LogP contribution in [-0.4, -0.2) is 50.4 Å². The van der Waals surface area contributed by atoms with Crippen molar-refractivity contribution in [1.82, 2.24) is 9.88 Å². The molecule has 32 heavy (non-hydrogen) atoms. The second kappa shape index (κ2) is 8.61. The molecule has 4 rings (SSSR count). The van der Waals surface area contributed by atoms with E-state index in [2.05, 4.69) is 14.1 Å². The molecule has 10 heteroatoms. The number of piperidine rings is 1. The van der Waals surface area contributed by atoms with Crippen LogP contribution >= 0.6 is 11.0 Å². The molecule has 2 aromatic rings. The summed E-state index contributed by atoms with van der Waals surface area (Å²) in [5, 5.41) is 0. The number of hydrogen-bond donors (Lipinski definition) is 4. The summed E-state index contributed by atoms with van der Waals surface area (Å²) in [5.74, 6) is 0.761. The highest BCUT2D eigenvalue weighted by Gasteiger charge is 2.37. The Kier molecular flexibility index (Phi) is 6.02. The van der Waals surface area contributed by atoms with Crippen LogP contribution in [0.5, 0.6) is 5.75 Å². The van der Waals surface area contributed by atoms with Gasteiger partial charge in [-0.3, -0.25) is 23.6 Å². The number of hydrogen-bond acceptors (Lipinski definition) is 8. The van der Waals surface area contributed by atoms with Gasteiger partial charge in [0.05, 0.1) is 29.0 Å². The van der Waals surface area contributed by atoms with Crippen molar-refractivity contribution in [3.05, 3.63) is 53.9 Å². The number of amidine groups is 1. The number of carbonyl (C=O) groups is 1. The van der Waals surface area contributed by atoms with Gasteiger partial charge in [0, 0.05) is 25.2 Å². The smallest absolute Gasteiger partial charge is 0.234 e. The van der Waals surface area contributed by atoms with Crippen LogP contribution in [0.1, 0.15) is 37.9 Å². The number of amides is 1. The molecule has 0 unspecified atom stereocenters. The predicted molar refractivity (Wildman–Crippen MR) is 126 cm³/mol. The van der Waals surface area contributed by atoms with E-state index in [9.17, 15) is 13.9 Å². The number of aromatic nitrogens is 1. The summed E-state index contributed by atoms with van der Waals surface area (Å²) in [6.45, 7) is 5.55. The molecule has 0 radical (unpaired) electrons. The average molecular weight is 460 g/mol. The molecule has 2 aliphatic heterocycles. The number of anilines is 1. The Morgan fingerprint density at radius 3 is 2.88 bits per heavy atom. The number of nitrogens with one attached hydrogen (secondary N) is 1. The fraction of sp³-hybridized carbons (Fsp3) is 0.409. The Labute approximate surface area is 189 Å². The highest BCUT2D eigenvalue weighted by molar-refractivity contribution is 8.24. The van der Waals surface area contributed by atoms with Crippen molar-refractivity contribution in [2.75, 3.05) is 24.4 Å². The zero-order chi connectivity index (χ0) is 22.9. The number of fused-ring (bicyclic) bond motifs is 1. The standard InChI is InChI=1S/C22H29N5O4S/c1-22(2,18-10-3-4-11-24-18)21(28)27-12-6-7-15(13-27)14-31-17-9-5-8-16-19(17)20(23)26-32(29,30)25-16/h3-5,8-11,15,25,29-30H,6-7,12-14H2,1-2H3,(H2,23,26)/t15-/m0/s1. The van der Waals surface area contributed by atoms with Gasteiger partial charge in [-0.25, -0.2) is 0 Å². The van der Waals surface area contributed by atoms with Crippen LogP contribution in [0.25, 0.3) is 0 Å². The number of ether oxygens (including phenoxy) is 1. The number of nitrogens with zero attached hydrogens (tertiary/aromatic N) is 3. The number of pyridine rings is 1. The topological polar surface area (TPSA) is 133 Å². The fourth-order valence-corrected chi connectivity index (χ4v) is 5.06. The van der Waals surface area contributed by atoms with Crippen LogP contribution in [0.3, 0.4) is 0 Å². The van der Waals surface area contributed by atoms with Crippen LogP contribution < -0.4 is 15.2 Å². The Balaban J connectivity index is 1.43. The van der Waals surface area contributed by atoms with Crippen molar-refractivity contribution in [1.29, 1.82) is 0 Å². The zero-order valence-corrected chi connectivity index (χ0v) is 19.0. The number of nitrogens with two attached hydrogens (primary N) is 1. The lowest BCUT2D eigenvalue weighted by atomic mass is 9.85. The minimum atomic E-state index is -3.34. The SMILES string of the molecule is CC(C)(C(=O)N1CCC[C@H](COc2cccc3c2C(N)=NS(O)(O)N3)C1)c1ccccn1. The van der Waals surface area contributed by atoms with Gasteiger partial charge in [-0.15, -0.1) is 4.40 Å². The number of carbonyl (C=O) groups excluding carboxylic acids is 1. The molecule has 9 nitrogen and oxygen atoms in total. The normalized spacial score (nSPS) is 21.1. The van der Waals surface area contributed by atoms with E-state index in [0.717, 1.165) is 18.5 Å². The zero-order valence-electron chi connectivity index (χ0n) is 18.2. The lowest BCUT2D eigenvalue weighted by Crippen LogP contribution is -2.49. The van der Waals surface area contributed by atoms with Crippen molar-refractivity contribution in [2.24, 2.45) is 16.0 Å². The molecule has 1 aromatic carbocycles. The van der Waals surface area contributed by atoms with E-state index in [0.29, 0.717) is 36.7 Å². The van der Waals surface area contributed by atoms with E-state index in [1.165, 1.54) is 0 Å². The molecule has 0 aliphatic carbocycles. The van der Waals surface area contributed by atoms with Crippen LogP contribution in [0.15, 0.2) is 47.0 Å². The monoisotopic (exact) mass is 459 g/mol. The maximum Gasteiger partial charge on any atom is 0.234 e. The van der Waals surface area contributed by atoms with E-state index in [1.807, 2.05) is 36.9 Å². The number of likely N-dealkylation sites (tertiary alicyclic amines) is 1. The maximum atomic E-state index is 13.3. The first-order valence-electron chi connectivity index (χ1n) is 10.6. The van der Waals surface area contributed by atoms with Gasteiger partial charge < -0.3 is 15.4 Å². The van der Waals surface area contributed by atoms with Crippen LogP contribution in [0, 0.1) is 5.92 Å². The summed E-state index contributed by atoms with van der Waals surface area (Å²) in [4.78, 5) is 19.6. The molecule has 1 aromatic heterocycles. The van der Waals surface area contributed by atoms with Crippen LogP contribution in [-0.2, 0) is 10.2 Å². The van der Waals surface area contributed by atoms with Gasteiger partial charge in [0.25, 0.3) is 0 Å². The highest BCUT2D eigenvalue weighted by atomic mass is 32.3. The Hall–Kier alpha value is -2.82. The van der Waals surface area contributed by atoms with Gasteiger partial charge in [-0.2, -0.15) is 0 Å². The molecule has 0 spiro atoms. The first-order chi connectivity index (χ1) is 15.2. The molecular formula is C22H29N5O4S. The van der Waals surface area contributed by atoms with Gasteiger partial charge in [-0.05, 0) is 61.9 Å². The third-order valence-corrected chi connectivity index (χ3v) is 6.82. The molecule has 1 amide bonds. The Morgan fingerprint density at radius 1 is 1.31 bits per heavy atom. The van der Waals surface area contributed by atoms with Crippen molar-refractivity contribution in [2.45, 2.75) is 32.1 Å². The summed E-state index contributed by atoms with van der Waals surface area (Å²) in [6, 6.07) is 10.8. The number of benzene rings is 1. The largest absolute Gasteiger partial charge is 0.492 e. The van der Waals surface area contributed by atoms with Crippen molar-refractivity contribution >= 4 is 28.4 Å². The predicted octanol–water partition coefficient (Wildman–Crippen LogP) is 3.39. The van der Waals surface area contributed by atoms with Gasteiger partial charge >= 0.3 is 0 Å². The van der Waals surface area contributed by atoms with E-state index in [1.54, 1.807) is 24.4 Å². The molecule has 1 saturated heterocycles. The van der Waals surface area contributed by atoms with Crippen molar-refractivity contribution in [3.8, 4) is 5.75 Å². The summed E-state index contributed by atoms with van der Waals surface area (Å²) in [6.07, 6.45) is 3.56. The van der Waals surface area contributed by atoms with E-state index in [-0.39, 0.29) is 17.7 Å². The molecule has 3 heterocycles. The van der Waals surface area contributed by atoms with Gasteiger partial charge in [0.1, 0.15) is 5.75 Å². The number of rotatable bonds is 5. The molecule has 1 fully saturated rings. The quantitative estimate of drug-likeness (QED) is 0.538. The Morgan fingerprint density at radius 2 is 2.12 bits per heavy atom. The second-order valence-electron chi connectivity index (χ2n) is 8.69. The van der Waals surface area contributed by atoms with Crippen molar-refractivity contribution < 1.29 is 18.6 Å². The van der Waals surface area contributed by atoms with Crippen LogP contribution in [0.2, 0.25) is 0 Å². The van der Waals surface area contributed by atoms with Gasteiger partial charge in [-0.1, -0.05) is 12.1 Å². The fourth-order valence-electron chi connectivity index (χ4n) is 4.18. The van der Waals surface area contributed by atoms with Crippen LogP contribution in [0.4, 0.5) is 5.69 Å². The van der Waals surface area contributed by atoms with Gasteiger partial charge in [0.2, 0.25) is 5.91 Å². The molecule has 172 valence electrons. The lowest BCUT2D eigenvalue weighted by molar-refractivity contribution is -0.138. The summed E-state index contributed by atoms with van der Waals surface area (Å²) in [7, 11) is -3.34. The minimum absolute atomic E-state index is 0.0203. The Bertz CT molecular complexity index is 1030. The van der Waals surface area contributed by atoms with Crippen molar-refractivity contribution in [3.63, 3.8) is 0 Å². The molecule has 5 N–H and O–H groups in total. The summed E-state index contributed by atoms with van der Waals surface area (Å²) < 4.78 is 32.1. The van der Waals surface area contributed by atoms with E-state index in [4.69, 9.17) is 10.5 Å². The summed E-state index contributed by atoms with van der Waals surface area (Å²) >= 11 is 0. The molecule has 2 aliphatic rings. The molecule has 0 bridgehead atoms. The first kappa shape index (κ1) is 22.4. The second-order valence-corrected chi connectivity index (χ2v) is 10.1. The molecular weight excluding hydrogens is 430 g/mol. The maximum absolute atomic E-state index is 13.3. The third-order valence-electron chi connectivity index (χ3n) is 5.88. The molecule has 1 atom stereocenters. The molecule has 0 saturated carbocycles. The van der Waals surface area contributed by atoms with E-state index < -0.39 is 16.4 Å². The third kappa shape index (κ3) is 4.52.